The zero-order valence-electron chi connectivity index (χ0n) is 11.2. The first-order valence-corrected chi connectivity index (χ1v) is 6.54. The second kappa shape index (κ2) is 6.01. The maximum Gasteiger partial charge on any atom is 0.251 e. The van der Waals surface area contributed by atoms with Crippen molar-refractivity contribution in [3.8, 4) is 0 Å². The minimum absolute atomic E-state index is 0.258. The molecular weight excluding hydrogens is 279 g/mol. The molecule has 1 atom stereocenters. The molecule has 0 aliphatic rings. The third kappa shape index (κ3) is 3.33. The van der Waals surface area contributed by atoms with Crippen LogP contribution in [0.15, 0.2) is 36.4 Å². The molecule has 0 radical (unpaired) electrons. The molecule has 1 aromatic carbocycles. The SMILES string of the molecule is Cc1cc(C(=O)NC(C)c2ccccc2F)cc(Cl)n1. The largest absolute Gasteiger partial charge is 0.345 e. The number of aryl methyl sites for hydroxylation is 1. The van der Waals surface area contributed by atoms with E-state index in [1.54, 1.807) is 38.1 Å². The smallest absolute Gasteiger partial charge is 0.251 e. The average molecular weight is 293 g/mol. The number of rotatable bonds is 3. The summed E-state index contributed by atoms with van der Waals surface area (Å²) in [6.45, 7) is 3.48. The Labute approximate surface area is 121 Å². The molecule has 1 amide bonds. The fourth-order valence-electron chi connectivity index (χ4n) is 1.94. The van der Waals surface area contributed by atoms with Gasteiger partial charge in [0.2, 0.25) is 0 Å². The first-order valence-electron chi connectivity index (χ1n) is 6.17. The van der Waals surface area contributed by atoms with E-state index in [1.165, 1.54) is 12.1 Å². The number of pyridine rings is 1. The summed E-state index contributed by atoms with van der Waals surface area (Å²) in [5.74, 6) is -0.655. The Balaban J connectivity index is 2.17. The zero-order valence-corrected chi connectivity index (χ0v) is 11.9. The molecule has 0 fully saturated rings. The molecule has 2 rings (SSSR count). The minimum Gasteiger partial charge on any atom is -0.345 e. The van der Waals surface area contributed by atoms with Crippen molar-refractivity contribution in [3.05, 3.63) is 64.2 Å². The molecule has 5 heteroatoms. The Morgan fingerprint density at radius 1 is 1.35 bits per heavy atom. The van der Waals surface area contributed by atoms with Gasteiger partial charge in [-0.3, -0.25) is 4.79 Å². The molecule has 2 aromatic rings. The molecule has 1 heterocycles. The Morgan fingerprint density at radius 3 is 2.70 bits per heavy atom. The minimum atomic E-state index is -0.434. The summed E-state index contributed by atoms with van der Waals surface area (Å²) in [6.07, 6.45) is 0. The fraction of sp³-hybridized carbons (Fsp3) is 0.200. The van der Waals surface area contributed by atoms with Crippen LogP contribution in [0.2, 0.25) is 5.15 Å². The molecule has 0 aliphatic heterocycles. The van der Waals surface area contributed by atoms with Gasteiger partial charge in [0.1, 0.15) is 11.0 Å². The maximum atomic E-state index is 13.6. The van der Waals surface area contributed by atoms with Crippen molar-refractivity contribution >= 4 is 17.5 Å². The van der Waals surface area contributed by atoms with Crippen LogP contribution in [0.1, 0.15) is 34.6 Å². The quantitative estimate of drug-likeness (QED) is 0.877. The standard InChI is InChI=1S/C15H14ClFN2O/c1-9-7-11(8-14(16)18-9)15(20)19-10(2)12-5-3-4-6-13(12)17/h3-8,10H,1-2H3,(H,19,20). The number of halogens is 2. The lowest BCUT2D eigenvalue weighted by Crippen LogP contribution is -2.27. The first-order chi connectivity index (χ1) is 9.47. The number of carbonyl (C=O) groups is 1. The molecule has 1 N–H and O–H groups in total. The monoisotopic (exact) mass is 292 g/mol. The molecule has 1 aromatic heterocycles. The highest BCUT2D eigenvalue weighted by Crippen LogP contribution is 2.17. The normalized spacial score (nSPS) is 12.0. The number of hydrogen-bond acceptors (Lipinski definition) is 2. The summed E-state index contributed by atoms with van der Waals surface area (Å²) in [4.78, 5) is 16.1. The van der Waals surface area contributed by atoms with Crippen LogP contribution in [0.3, 0.4) is 0 Å². The Kier molecular flexibility index (Phi) is 4.35. The second-order valence-corrected chi connectivity index (χ2v) is 4.92. The number of amides is 1. The number of benzene rings is 1. The number of hydrogen-bond donors (Lipinski definition) is 1. The van der Waals surface area contributed by atoms with Gasteiger partial charge in [-0.15, -0.1) is 0 Å². The Bertz CT molecular complexity index is 625. The van der Waals surface area contributed by atoms with E-state index in [9.17, 15) is 9.18 Å². The molecule has 0 saturated carbocycles. The van der Waals surface area contributed by atoms with Crippen LogP contribution in [0, 0.1) is 12.7 Å². The van der Waals surface area contributed by atoms with Gasteiger partial charge in [0, 0.05) is 16.8 Å². The van der Waals surface area contributed by atoms with E-state index in [2.05, 4.69) is 10.3 Å². The molecule has 0 aliphatic carbocycles. The van der Waals surface area contributed by atoms with Crippen molar-refractivity contribution in [3.63, 3.8) is 0 Å². The third-order valence-electron chi connectivity index (χ3n) is 2.90. The molecule has 0 saturated heterocycles. The maximum absolute atomic E-state index is 13.6. The summed E-state index contributed by atoms with van der Waals surface area (Å²) >= 11 is 5.82. The van der Waals surface area contributed by atoms with Crippen LogP contribution in [-0.2, 0) is 0 Å². The summed E-state index contributed by atoms with van der Waals surface area (Å²) in [5.41, 5.74) is 1.50. The van der Waals surface area contributed by atoms with Gasteiger partial charge in [0.05, 0.1) is 6.04 Å². The molecule has 0 bridgehead atoms. The topological polar surface area (TPSA) is 42.0 Å². The van der Waals surface area contributed by atoms with Gasteiger partial charge < -0.3 is 5.32 Å². The van der Waals surface area contributed by atoms with Crippen LogP contribution in [-0.4, -0.2) is 10.9 Å². The van der Waals surface area contributed by atoms with Crippen molar-refractivity contribution < 1.29 is 9.18 Å². The highest BCUT2D eigenvalue weighted by Gasteiger charge is 2.15. The van der Waals surface area contributed by atoms with E-state index in [0.717, 1.165) is 0 Å². The molecule has 3 nitrogen and oxygen atoms in total. The predicted molar refractivity (Wildman–Crippen MR) is 76.3 cm³/mol. The molecule has 104 valence electrons. The van der Waals surface area contributed by atoms with Crippen LogP contribution >= 0.6 is 11.6 Å². The molecule has 20 heavy (non-hydrogen) atoms. The zero-order chi connectivity index (χ0) is 14.7. The van der Waals surface area contributed by atoms with Gasteiger partial charge in [0.25, 0.3) is 5.91 Å². The summed E-state index contributed by atoms with van der Waals surface area (Å²) < 4.78 is 13.6. The number of nitrogens with zero attached hydrogens (tertiary/aromatic N) is 1. The van der Waals surface area contributed by atoms with Crippen molar-refractivity contribution in [2.24, 2.45) is 0 Å². The van der Waals surface area contributed by atoms with Crippen molar-refractivity contribution in [1.29, 1.82) is 0 Å². The van der Waals surface area contributed by atoms with Crippen molar-refractivity contribution in [1.82, 2.24) is 10.3 Å². The fourth-order valence-corrected chi connectivity index (χ4v) is 2.19. The average Bonchev–Trinajstić information content (AvgIpc) is 2.37. The molecule has 0 spiro atoms. The van der Waals surface area contributed by atoms with E-state index in [-0.39, 0.29) is 16.9 Å². The summed E-state index contributed by atoms with van der Waals surface area (Å²) in [7, 11) is 0. The van der Waals surface area contributed by atoms with Gasteiger partial charge in [-0.05, 0) is 32.0 Å². The predicted octanol–water partition coefficient (Wildman–Crippen LogP) is 3.67. The van der Waals surface area contributed by atoms with Crippen molar-refractivity contribution in [2.75, 3.05) is 0 Å². The summed E-state index contributed by atoms with van der Waals surface area (Å²) in [5, 5.41) is 3.00. The van der Waals surface area contributed by atoms with Gasteiger partial charge in [-0.25, -0.2) is 9.37 Å². The van der Waals surface area contributed by atoms with Gasteiger partial charge in [-0.2, -0.15) is 0 Å². The van der Waals surface area contributed by atoms with E-state index in [1.807, 2.05) is 0 Å². The molecular formula is C15H14ClFN2O. The number of carbonyl (C=O) groups excluding carboxylic acids is 1. The highest BCUT2D eigenvalue weighted by molar-refractivity contribution is 6.29. The molecule has 1 unspecified atom stereocenters. The van der Waals surface area contributed by atoms with Gasteiger partial charge >= 0.3 is 0 Å². The number of aromatic nitrogens is 1. The lowest BCUT2D eigenvalue weighted by Gasteiger charge is -2.15. The van der Waals surface area contributed by atoms with E-state index in [0.29, 0.717) is 16.8 Å². The lowest BCUT2D eigenvalue weighted by atomic mass is 10.1. The van der Waals surface area contributed by atoms with E-state index >= 15 is 0 Å². The van der Waals surface area contributed by atoms with Gasteiger partial charge in [0.15, 0.2) is 0 Å². The number of nitrogens with one attached hydrogen (secondary N) is 1. The van der Waals surface area contributed by atoms with Crippen molar-refractivity contribution in [2.45, 2.75) is 19.9 Å². The van der Waals surface area contributed by atoms with Crippen LogP contribution in [0.25, 0.3) is 0 Å². The Morgan fingerprint density at radius 2 is 2.05 bits per heavy atom. The van der Waals surface area contributed by atoms with Gasteiger partial charge in [-0.1, -0.05) is 29.8 Å². The van der Waals surface area contributed by atoms with E-state index < -0.39 is 6.04 Å². The second-order valence-electron chi connectivity index (χ2n) is 4.54. The van der Waals surface area contributed by atoms with Crippen LogP contribution in [0.4, 0.5) is 4.39 Å². The highest BCUT2D eigenvalue weighted by atomic mass is 35.5. The van der Waals surface area contributed by atoms with E-state index in [4.69, 9.17) is 11.6 Å². The van der Waals surface area contributed by atoms with Crippen LogP contribution in [0.5, 0.6) is 0 Å². The first kappa shape index (κ1) is 14.5. The Hall–Kier alpha value is -1.94. The van der Waals surface area contributed by atoms with Crippen LogP contribution < -0.4 is 5.32 Å². The lowest BCUT2D eigenvalue weighted by molar-refractivity contribution is 0.0939. The summed E-state index contributed by atoms with van der Waals surface area (Å²) in [6, 6.07) is 9.04. The third-order valence-corrected chi connectivity index (χ3v) is 3.10.